The van der Waals surface area contributed by atoms with E-state index in [0.29, 0.717) is 21.6 Å². The number of carbonyl (C=O) groups is 1. The second kappa shape index (κ2) is 6.17. The van der Waals surface area contributed by atoms with E-state index in [1.54, 1.807) is 31.4 Å². The highest BCUT2D eigenvalue weighted by molar-refractivity contribution is 7.17. The molecule has 1 amide bonds. The van der Waals surface area contributed by atoms with Gasteiger partial charge in [0.15, 0.2) is 0 Å². The number of H-pyrrole nitrogens is 1. The monoisotopic (exact) mass is 330 g/mol. The van der Waals surface area contributed by atoms with Crippen LogP contribution in [0.25, 0.3) is 10.2 Å². The highest BCUT2D eigenvalue weighted by Gasteiger charge is 2.18. The van der Waals surface area contributed by atoms with Crippen molar-refractivity contribution in [2.75, 3.05) is 14.2 Å². The molecule has 8 heteroatoms. The van der Waals surface area contributed by atoms with Crippen molar-refractivity contribution in [2.45, 2.75) is 6.54 Å². The van der Waals surface area contributed by atoms with Crippen LogP contribution in [-0.4, -0.2) is 39.9 Å². The Hall–Kier alpha value is -2.74. The second-order valence-electron chi connectivity index (χ2n) is 4.87. The SMILES string of the molecule is COc1ncccc1C(=O)N(C)Cc1nc2ccsc2c(=O)[nH]1. The van der Waals surface area contributed by atoms with Gasteiger partial charge in [-0.05, 0) is 23.6 Å². The maximum Gasteiger partial charge on any atom is 0.268 e. The van der Waals surface area contributed by atoms with Gasteiger partial charge in [0.1, 0.15) is 16.1 Å². The molecule has 0 atom stereocenters. The molecule has 23 heavy (non-hydrogen) atoms. The third kappa shape index (κ3) is 2.93. The van der Waals surface area contributed by atoms with Gasteiger partial charge in [0.25, 0.3) is 11.5 Å². The molecular weight excluding hydrogens is 316 g/mol. The van der Waals surface area contributed by atoms with E-state index in [1.807, 2.05) is 5.38 Å². The van der Waals surface area contributed by atoms with Gasteiger partial charge >= 0.3 is 0 Å². The number of amides is 1. The lowest BCUT2D eigenvalue weighted by Crippen LogP contribution is -2.28. The summed E-state index contributed by atoms with van der Waals surface area (Å²) in [4.78, 5) is 37.0. The zero-order chi connectivity index (χ0) is 16.4. The molecule has 0 aliphatic carbocycles. The summed E-state index contributed by atoms with van der Waals surface area (Å²) in [7, 11) is 3.09. The number of ether oxygens (including phenoxy) is 1. The van der Waals surface area contributed by atoms with E-state index in [0.717, 1.165) is 0 Å². The van der Waals surface area contributed by atoms with Gasteiger partial charge in [-0.25, -0.2) is 9.97 Å². The number of hydrogen-bond acceptors (Lipinski definition) is 6. The summed E-state index contributed by atoms with van der Waals surface area (Å²) in [5.74, 6) is 0.432. The number of nitrogens with one attached hydrogen (secondary N) is 1. The van der Waals surface area contributed by atoms with Crippen LogP contribution in [0, 0.1) is 0 Å². The summed E-state index contributed by atoms with van der Waals surface area (Å²) in [6.45, 7) is 0.178. The third-order valence-corrected chi connectivity index (χ3v) is 4.19. The van der Waals surface area contributed by atoms with Crippen molar-refractivity contribution in [3.05, 3.63) is 51.5 Å². The highest BCUT2D eigenvalue weighted by Crippen LogP contribution is 2.17. The van der Waals surface area contributed by atoms with Gasteiger partial charge in [-0.1, -0.05) is 0 Å². The molecule has 3 aromatic heterocycles. The van der Waals surface area contributed by atoms with E-state index >= 15 is 0 Å². The van der Waals surface area contributed by atoms with Gasteiger partial charge < -0.3 is 14.6 Å². The molecule has 0 fully saturated rings. The van der Waals surface area contributed by atoms with E-state index in [4.69, 9.17) is 4.74 Å². The molecule has 3 rings (SSSR count). The quantitative estimate of drug-likeness (QED) is 0.786. The highest BCUT2D eigenvalue weighted by atomic mass is 32.1. The summed E-state index contributed by atoms with van der Waals surface area (Å²) >= 11 is 1.34. The Bertz CT molecular complexity index is 918. The van der Waals surface area contributed by atoms with Crippen LogP contribution in [0.5, 0.6) is 5.88 Å². The number of carbonyl (C=O) groups excluding carboxylic acids is 1. The largest absolute Gasteiger partial charge is 0.480 e. The van der Waals surface area contributed by atoms with Crippen LogP contribution < -0.4 is 10.3 Å². The van der Waals surface area contributed by atoms with E-state index in [-0.39, 0.29) is 23.9 Å². The molecule has 0 bridgehead atoms. The number of aromatic nitrogens is 3. The number of thiophene rings is 1. The van der Waals surface area contributed by atoms with Gasteiger partial charge in [0.05, 0.1) is 19.2 Å². The van der Waals surface area contributed by atoms with E-state index in [9.17, 15) is 9.59 Å². The lowest BCUT2D eigenvalue weighted by Gasteiger charge is -2.17. The van der Waals surface area contributed by atoms with Crippen LogP contribution in [0.15, 0.2) is 34.6 Å². The Balaban J connectivity index is 1.86. The predicted octanol–water partition coefficient (Wildman–Crippen LogP) is 1.66. The van der Waals surface area contributed by atoms with Gasteiger partial charge in [-0.2, -0.15) is 0 Å². The van der Waals surface area contributed by atoms with Crippen molar-refractivity contribution in [3.63, 3.8) is 0 Å². The maximum atomic E-state index is 12.5. The number of pyridine rings is 1. The first kappa shape index (κ1) is 15.2. The van der Waals surface area contributed by atoms with Crippen molar-refractivity contribution in [1.29, 1.82) is 0 Å². The van der Waals surface area contributed by atoms with E-state index < -0.39 is 0 Å². The zero-order valence-corrected chi connectivity index (χ0v) is 13.4. The van der Waals surface area contributed by atoms with Gasteiger partial charge in [-0.3, -0.25) is 9.59 Å². The smallest absolute Gasteiger partial charge is 0.268 e. The lowest BCUT2D eigenvalue weighted by atomic mass is 10.2. The van der Waals surface area contributed by atoms with Crippen molar-refractivity contribution in [1.82, 2.24) is 19.9 Å². The van der Waals surface area contributed by atoms with Crippen LogP contribution in [0.2, 0.25) is 0 Å². The number of methoxy groups -OCH3 is 1. The Kier molecular flexibility index (Phi) is 4.07. The van der Waals surface area contributed by atoms with Crippen molar-refractivity contribution in [3.8, 4) is 5.88 Å². The summed E-state index contributed by atoms with van der Waals surface area (Å²) in [6.07, 6.45) is 1.55. The molecule has 0 saturated heterocycles. The zero-order valence-electron chi connectivity index (χ0n) is 12.6. The molecule has 1 N–H and O–H groups in total. The molecule has 7 nitrogen and oxygen atoms in total. The predicted molar refractivity (Wildman–Crippen MR) is 86.8 cm³/mol. The lowest BCUT2D eigenvalue weighted by molar-refractivity contribution is 0.0777. The average molecular weight is 330 g/mol. The Morgan fingerprint density at radius 2 is 2.26 bits per heavy atom. The van der Waals surface area contributed by atoms with Gasteiger partial charge in [-0.15, -0.1) is 11.3 Å². The standard InChI is InChI=1S/C15H14N4O3S/c1-19(15(21)9-4-3-6-16-14(9)22-2)8-11-17-10-5-7-23-12(10)13(20)18-11/h3-7H,8H2,1-2H3,(H,17,18,20). The molecule has 3 aromatic rings. The third-order valence-electron chi connectivity index (χ3n) is 3.29. The van der Waals surface area contributed by atoms with E-state index in [1.165, 1.54) is 23.3 Å². The van der Waals surface area contributed by atoms with E-state index in [2.05, 4.69) is 15.0 Å². The molecule has 0 aliphatic rings. The van der Waals surface area contributed by atoms with Crippen LogP contribution in [0.1, 0.15) is 16.2 Å². The molecule has 0 aromatic carbocycles. The fourth-order valence-electron chi connectivity index (χ4n) is 2.21. The fourth-order valence-corrected chi connectivity index (χ4v) is 2.94. The Morgan fingerprint density at radius 3 is 3.04 bits per heavy atom. The summed E-state index contributed by atoms with van der Waals surface area (Å²) in [5, 5.41) is 1.81. The molecule has 0 saturated carbocycles. The maximum absolute atomic E-state index is 12.5. The summed E-state index contributed by atoms with van der Waals surface area (Å²) < 4.78 is 5.68. The summed E-state index contributed by atoms with van der Waals surface area (Å²) in [6, 6.07) is 5.09. The first-order chi connectivity index (χ1) is 11.1. The average Bonchev–Trinajstić information content (AvgIpc) is 3.03. The molecular formula is C15H14N4O3S. The topological polar surface area (TPSA) is 88.2 Å². The van der Waals surface area contributed by atoms with Crippen LogP contribution >= 0.6 is 11.3 Å². The Morgan fingerprint density at radius 1 is 1.43 bits per heavy atom. The Labute approximate surface area is 135 Å². The first-order valence-electron chi connectivity index (χ1n) is 6.81. The minimum atomic E-state index is -0.261. The number of rotatable bonds is 4. The minimum absolute atomic E-state index is 0.178. The minimum Gasteiger partial charge on any atom is -0.480 e. The second-order valence-corrected chi connectivity index (χ2v) is 5.79. The fraction of sp³-hybridized carbons (Fsp3) is 0.200. The molecule has 118 valence electrons. The number of fused-ring (bicyclic) bond motifs is 1. The molecule has 0 radical (unpaired) electrons. The van der Waals surface area contributed by atoms with Crippen LogP contribution in [0.4, 0.5) is 0 Å². The van der Waals surface area contributed by atoms with Crippen molar-refractivity contribution in [2.24, 2.45) is 0 Å². The van der Waals surface area contributed by atoms with Crippen molar-refractivity contribution < 1.29 is 9.53 Å². The van der Waals surface area contributed by atoms with Crippen molar-refractivity contribution >= 4 is 27.5 Å². The number of aromatic amines is 1. The number of nitrogens with zero attached hydrogens (tertiary/aromatic N) is 3. The summed E-state index contributed by atoms with van der Waals surface area (Å²) in [5.41, 5.74) is 0.796. The number of hydrogen-bond donors (Lipinski definition) is 1. The molecule has 0 unspecified atom stereocenters. The molecule has 0 spiro atoms. The van der Waals surface area contributed by atoms with Crippen LogP contribution in [-0.2, 0) is 6.54 Å². The van der Waals surface area contributed by atoms with Gasteiger partial charge in [0, 0.05) is 13.2 Å². The normalized spacial score (nSPS) is 10.7. The first-order valence-corrected chi connectivity index (χ1v) is 7.69. The van der Waals surface area contributed by atoms with Crippen LogP contribution in [0.3, 0.4) is 0 Å². The molecule has 0 aliphatic heterocycles. The molecule has 3 heterocycles. The van der Waals surface area contributed by atoms with Gasteiger partial charge in [0.2, 0.25) is 5.88 Å².